The molecule has 1 aromatic carbocycles. The summed E-state index contributed by atoms with van der Waals surface area (Å²) in [5.41, 5.74) is 1.16. The molecular formula is C13H18O3. The number of benzene rings is 1. The van der Waals surface area contributed by atoms with Gasteiger partial charge in [-0.3, -0.25) is 4.79 Å². The molecule has 0 unspecified atom stereocenters. The number of carbonyl (C=O) groups is 1. The van der Waals surface area contributed by atoms with E-state index in [1.54, 1.807) is 14.2 Å². The Labute approximate surface area is 96.4 Å². The maximum atomic E-state index is 11.4. The zero-order valence-electron chi connectivity index (χ0n) is 9.86. The lowest BCUT2D eigenvalue weighted by molar-refractivity contribution is -0.119. The molecule has 0 aromatic heterocycles. The van der Waals surface area contributed by atoms with Crippen LogP contribution in [0, 0.1) is 0 Å². The standard InChI is InChI=1S/C13H18O3/c1-15-10-9-12(14)6-3-11-4-7-13(16-2)8-5-11/h4-5,7-8H,3,6,9-10H2,1-2H3. The molecule has 16 heavy (non-hydrogen) atoms. The molecule has 0 amide bonds. The van der Waals surface area contributed by atoms with Crippen molar-refractivity contribution in [1.82, 2.24) is 0 Å². The monoisotopic (exact) mass is 222 g/mol. The number of methoxy groups -OCH3 is 2. The third-order valence-corrected chi connectivity index (χ3v) is 2.44. The van der Waals surface area contributed by atoms with E-state index < -0.39 is 0 Å². The van der Waals surface area contributed by atoms with E-state index in [0.29, 0.717) is 19.4 Å². The summed E-state index contributed by atoms with van der Waals surface area (Å²) in [6, 6.07) is 7.80. The molecule has 0 atom stereocenters. The summed E-state index contributed by atoms with van der Waals surface area (Å²) in [7, 11) is 3.25. The highest BCUT2D eigenvalue weighted by molar-refractivity contribution is 5.78. The number of Topliss-reactive ketones (excluding diaryl/α,β-unsaturated/α-hetero) is 1. The summed E-state index contributed by atoms with van der Waals surface area (Å²) in [4.78, 5) is 11.4. The summed E-state index contributed by atoms with van der Waals surface area (Å²) >= 11 is 0. The first-order valence-electron chi connectivity index (χ1n) is 5.40. The van der Waals surface area contributed by atoms with Crippen molar-refractivity contribution in [2.45, 2.75) is 19.3 Å². The smallest absolute Gasteiger partial charge is 0.135 e. The fraction of sp³-hybridized carbons (Fsp3) is 0.462. The van der Waals surface area contributed by atoms with Crippen LogP contribution in [0.1, 0.15) is 18.4 Å². The van der Waals surface area contributed by atoms with Gasteiger partial charge in [-0.2, -0.15) is 0 Å². The van der Waals surface area contributed by atoms with Gasteiger partial charge in [0.15, 0.2) is 0 Å². The van der Waals surface area contributed by atoms with Crippen LogP contribution >= 0.6 is 0 Å². The van der Waals surface area contributed by atoms with E-state index in [0.717, 1.165) is 17.7 Å². The summed E-state index contributed by atoms with van der Waals surface area (Å²) in [5, 5.41) is 0. The van der Waals surface area contributed by atoms with Gasteiger partial charge in [0.1, 0.15) is 11.5 Å². The van der Waals surface area contributed by atoms with E-state index in [2.05, 4.69) is 0 Å². The van der Waals surface area contributed by atoms with E-state index in [9.17, 15) is 4.79 Å². The molecule has 88 valence electrons. The molecule has 0 saturated heterocycles. The van der Waals surface area contributed by atoms with Gasteiger partial charge in [0.05, 0.1) is 13.7 Å². The Morgan fingerprint density at radius 2 is 1.81 bits per heavy atom. The van der Waals surface area contributed by atoms with Gasteiger partial charge in [-0.05, 0) is 24.1 Å². The topological polar surface area (TPSA) is 35.5 Å². The van der Waals surface area contributed by atoms with Crippen LogP contribution in [0.4, 0.5) is 0 Å². The zero-order chi connectivity index (χ0) is 11.8. The lowest BCUT2D eigenvalue weighted by atomic mass is 10.1. The first-order valence-corrected chi connectivity index (χ1v) is 5.40. The highest BCUT2D eigenvalue weighted by Crippen LogP contribution is 2.12. The number of rotatable bonds is 7. The molecule has 0 bridgehead atoms. The Kier molecular flexibility index (Phi) is 5.57. The predicted octanol–water partition coefficient (Wildman–Crippen LogP) is 2.23. The van der Waals surface area contributed by atoms with Crippen molar-refractivity contribution in [2.24, 2.45) is 0 Å². The maximum Gasteiger partial charge on any atom is 0.135 e. The minimum absolute atomic E-state index is 0.248. The Bertz CT molecular complexity index is 316. The highest BCUT2D eigenvalue weighted by Gasteiger charge is 2.02. The summed E-state index contributed by atoms with van der Waals surface area (Å²) in [6.07, 6.45) is 1.87. The highest BCUT2D eigenvalue weighted by atomic mass is 16.5. The average Bonchev–Trinajstić information content (AvgIpc) is 2.34. The van der Waals surface area contributed by atoms with Crippen molar-refractivity contribution < 1.29 is 14.3 Å². The molecule has 3 nitrogen and oxygen atoms in total. The van der Waals surface area contributed by atoms with E-state index in [4.69, 9.17) is 9.47 Å². The number of ether oxygens (including phenoxy) is 2. The molecule has 3 heteroatoms. The van der Waals surface area contributed by atoms with E-state index in [1.807, 2.05) is 24.3 Å². The minimum Gasteiger partial charge on any atom is -0.497 e. The number of hydrogen-bond donors (Lipinski definition) is 0. The number of hydrogen-bond acceptors (Lipinski definition) is 3. The lowest BCUT2D eigenvalue weighted by Crippen LogP contribution is -2.03. The second-order valence-corrected chi connectivity index (χ2v) is 3.63. The zero-order valence-corrected chi connectivity index (χ0v) is 9.86. The van der Waals surface area contributed by atoms with Crippen molar-refractivity contribution in [3.05, 3.63) is 29.8 Å². The van der Waals surface area contributed by atoms with Gasteiger partial charge >= 0.3 is 0 Å². The summed E-state index contributed by atoms with van der Waals surface area (Å²) in [5.74, 6) is 1.09. The van der Waals surface area contributed by atoms with Gasteiger partial charge in [0.2, 0.25) is 0 Å². The second kappa shape index (κ2) is 7.01. The Hall–Kier alpha value is -1.35. The van der Waals surface area contributed by atoms with Crippen molar-refractivity contribution in [1.29, 1.82) is 0 Å². The largest absolute Gasteiger partial charge is 0.497 e. The third-order valence-electron chi connectivity index (χ3n) is 2.44. The number of aryl methyl sites for hydroxylation is 1. The van der Waals surface area contributed by atoms with Crippen LogP contribution < -0.4 is 4.74 Å². The first kappa shape index (κ1) is 12.7. The van der Waals surface area contributed by atoms with E-state index >= 15 is 0 Å². The molecule has 0 radical (unpaired) electrons. The SMILES string of the molecule is COCCC(=O)CCc1ccc(OC)cc1. The molecule has 0 aliphatic carbocycles. The van der Waals surface area contributed by atoms with Crippen LogP contribution in [-0.2, 0) is 16.0 Å². The van der Waals surface area contributed by atoms with Crippen LogP contribution in [-0.4, -0.2) is 26.6 Å². The lowest BCUT2D eigenvalue weighted by Gasteiger charge is -2.03. The van der Waals surface area contributed by atoms with E-state index in [-0.39, 0.29) is 5.78 Å². The quantitative estimate of drug-likeness (QED) is 0.709. The van der Waals surface area contributed by atoms with Gasteiger partial charge in [-0.1, -0.05) is 12.1 Å². The van der Waals surface area contributed by atoms with E-state index in [1.165, 1.54) is 0 Å². The van der Waals surface area contributed by atoms with Gasteiger partial charge in [0.25, 0.3) is 0 Å². The van der Waals surface area contributed by atoms with Crippen molar-refractivity contribution >= 4 is 5.78 Å². The molecular weight excluding hydrogens is 204 g/mol. The molecule has 0 saturated carbocycles. The first-order chi connectivity index (χ1) is 7.76. The fourth-order valence-corrected chi connectivity index (χ4v) is 1.42. The number of carbonyl (C=O) groups excluding carboxylic acids is 1. The van der Waals surface area contributed by atoms with Gasteiger partial charge in [-0.25, -0.2) is 0 Å². The normalized spacial score (nSPS) is 10.1. The molecule has 0 aliphatic rings. The van der Waals surface area contributed by atoms with Crippen molar-refractivity contribution in [2.75, 3.05) is 20.8 Å². The van der Waals surface area contributed by atoms with Crippen LogP contribution in [0.25, 0.3) is 0 Å². The Morgan fingerprint density at radius 3 is 2.38 bits per heavy atom. The third kappa shape index (κ3) is 4.45. The molecule has 1 aromatic rings. The second-order valence-electron chi connectivity index (χ2n) is 3.63. The van der Waals surface area contributed by atoms with Crippen molar-refractivity contribution in [3.63, 3.8) is 0 Å². The fourth-order valence-electron chi connectivity index (χ4n) is 1.42. The van der Waals surface area contributed by atoms with Gasteiger partial charge in [0, 0.05) is 20.0 Å². The average molecular weight is 222 g/mol. The van der Waals surface area contributed by atoms with Crippen LogP contribution in [0.15, 0.2) is 24.3 Å². The molecule has 0 spiro atoms. The van der Waals surface area contributed by atoms with Crippen LogP contribution in [0.2, 0.25) is 0 Å². The van der Waals surface area contributed by atoms with Crippen LogP contribution in [0.5, 0.6) is 5.75 Å². The molecule has 0 fully saturated rings. The molecule has 1 rings (SSSR count). The maximum absolute atomic E-state index is 11.4. The predicted molar refractivity (Wildman–Crippen MR) is 62.8 cm³/mol. The Balaban J connectivity index is 2.33. The van der Waals surface area contributed by atoms with Gasteiger partial charge < -0.3 is 9.47 Å². The Morgan fingerprint density at radius 1 is 1.12 bits per heavy atom. The molecule has 0 heterocycles. The van der Waals surface area contributed by atoms with Crippen molar-refractivity contribution in [3.8, 4) is 5.75 Å². The summed E-state index contributed by atoms with van der Waals surface area (Å²) < 4.78 is 9.92. The van der Waals surface area contributed by atoms with Crippen LogP contribution in [0.3, 0.4) is 0 Å². The number of ketones is 1. The summed E-state index contributed by atoms with van der Waals surface area (Å²) in [6.45, 7) is 0.515. The molecule has 0 aliphatic heterocycles. The minimum atomic E-state index is 0.248. The molecule has 0 N–H and O–H groups in total. The van der Waals surface area contributed by atoms with Gasteiger partial charge in [-0.15, -0.1) is 0 Å².